The molecule has 2 aromatic rings. The van der Waals surface area contributed by atoms with Crippen molar-refractivity contribution in [2.45, 2.75) is 74.6 Å². The van der Waals surface area contributed by atoms with Gasteiger partial charge < -0.3 is 15.2 Å². The number of hydrogen-bond acceptors (Lipinski definition) is 4. The smallest absolute Gasteiger partial charge is 0.329 e. The second kappa shape index (κ2) is 11.9. The zero-order valence-corrected chi connectivity index (χ0v) is 21.7. The molecule has 0 spiro atoms. The second-order valence-electron chi connectivity index (χ2n) is 9.54. The Bertz CT molecular complexity index is 916. The normalized spacial score (nSPS) is 20.9. The first-order valence-corrected chi connectivity index (χ1v) is 13.0. The van der Waals surface area contributed by atoms with Crippen LogP contribution in [0.5, 0.6) is 0 Å². The zero-order valence-electron chi connectivity index (χ0n) is 19.4. The van der Waals surface area contributed by atoms with Gasteiger partial charge in [0.2, 0.25) is 0 Å². The molecule has 1 saturated carbocycles. The molecular formula is C26H33Cl2NO3S. The van der Waals surface area contributed by atoms with E-state index < -0.39 is 18.7 Å². The van der Waals surface area contributed by atoms with E-state index in [4.69, 9.17) is 27.9 Å². The number of halogens is 2. The fourth-order valence-electron chi connectivity index (χ4n) is 4.37. The van der Waals surface area contributed by atoms with Gasteiger partial charge in [-0.15, -0.1) is 0 Å². The molecule has 7 heteroatoms. The number of hydrogen-bond donors (Lipinski definition) is 2. The highest BCUT2D eigenvalue weighted by atomic mass is 35.5. The van der Waals surface area contributed by atoms with Crippen molar-refractivity contribution < 1.29 is 14.6 Å². The van der Waals surface area contributed by atoms with Crippen molar-refractivity contribution >= 4 is 40.9 Å². The lowest BCUT2D eigenvalue weighted by Crippen LogP contribution is -2.45. The van der Waals surface area contributed by atoms with Crippen molar-refractivity contribution in [3.8, 4) is 0 Å². The molecule has 0 radical (unpaired) electrons. The first-order chi connectivity index (χ1) is 15.6. The number of benzene rings is 2. The molecule has 0 aromatic heterocycles. The Kier molecular flexibility index (Phi) is 9.54. The fourth-order valence-corrected chi connectivity index (χ4v) is 6.27. The highest BCUT2D eigenvalue weighted by Crippen LogP contribution is 2.40. The van der Waals surface area contributed by atoms with Gasteiger partial charge in [0.25, 0.3) is 0 Å². The number of carboxylic acid groups (broad SMARTS) is 1. The van der Waals surface area contributed by atoms with Crippen LogP contribution in [0.4, 0.5) is 0 Å². The van der Waals surface area contributed by atoms with E-state index in [0.717, 1.165) is 24.0 Å². The van der Waals surface area contributed by atoms with Gasteiger partial charge >= 0.3 is 5.97 Å². The third kappa shape index (κ3) is 8.18. The first-order valence-electron chi connectivity index (χ1n) is 11.4. The predicted octanol–water partition coefficient (Wildman–Crippen LogP) is 7.31. The van der Waals surface area contributed by atoms with E-state index in [2.05, 4.69) is 26.1 Å². The minimum absolute atomic E-state index is 0.157. The lowest BCUT2D eigenvalue weighted by atomic mass is 9.90. The van der Waals surface area contributed by atoms with E-state index in [0.29, 0.717) is 15.3 Å². The lowest BCUT2D eigenvalue weighted by Gasteiger charge is -2.40. The van der Waals surface area contributed by atoms with E-state index >= 15 is 0 Å². The molecule has 180 valence electrons. The molecule has 4 nitrogen and oxygen atoms in total. The fraction of sp³-hybridized carbons (Fsp3) is 0.500. The average molecular weight is 511 g/mol. The van der Waals surface area contributed by atoms with Crippen LogP contribution >= 0.6 is 35.0 Å². The Morgan fingerprint density at radius 1 is 1.09 bits per heavy atom. The molecule has 1 fully saturated rings. The summed E-state index contributed by atoms with van der Waals surface area (Å²) in [6, 6.07) is 15.2. The molecule has 1 aliphatic rings. The van der Waals surface area contributed by atoms with Gasteiger partial charge in [-0.2, -0.15) is 11.8 Å². The van der Waals surface area contributed by atoms with Crippen LogP contribution in [0.2, 0.25) is 10.0 Å². The summed E-state index contributed by atoms with van der Waals surface area (Å²) in [5.41, 5.74) is 1.84. The van der Waals surface area contributed by atoms with Gasteiger partial charge in [0, 0.05) is 26.1 Å². The van der Waals surface area contributed by atoms with Gasteiger partial charge in [0.1, 0.15) is 12.7 Å². The summed E-state index contributed by atoms with van der Waals surface area (Å²) >= 11 is 14.5. The summed E-state index contributed by atoms with van der Waals surface area (Å²) in [6.07, 6.45) is 4.10. The Balaban J connectivity index is 1.99. The lowest BCUT2D eigenvalue weighted by molar-refractivity contribution is -0.145. The van der Waals surface area contributed by atoms with Crippen LogP contribution < -0.4 is 5.32 Å². The number of carboxylic acids is 1. The Morgan fingerprint density at radius 3 is 2.42 bits per heavy atom. The van der Waals surface area contributed by atoms with Gasteiger partial charge in [-0.1, -0.05) is 81.1 Å². The maximum absolute atomic E-state index is 11.4. The molecule has 0 aliphatic heterocycles. The second-order valence-corrected chi connectivity index (χ2v) is 12.5. The highest BCUT2D eigenvalue weighted by molar-refractivity contribution is 8.01. The minimum atomic E-state index is -1.00. The molecule has 4 atom stereocenters. The highest BCUT2D eigenvalue weighted by Gasteiger charge is 2.34. The summed E-state index contributed by atoms with van der Waals surface area (Å²) in [6.45, 7) is 6.37. The zero-order chi connectivity index (χ0) is 24.0. The van der Waals surface area contributed by atoms with Crippen LogP contribution in [-0.4, -0.2) is 33.7 Å². The largest absolute Gasteiger partial charge is 0.480 e. The third-order valence-electron chi connectivity index (χ3n) is 5.70. The predicted molar refractivity (Wildman–Crippen MR) is 138 cm³/mol. The van der Waals surface area contributed by atoms with Crippen LogP contribution in [-0.2, 0) is 9.53 Å². The van der Waals surface area contributed by atoms with Crippen LogP contribution in [0.1, 0.15) is 69.7 Å². The van der Waals surface area contributed by atoms with Gasteiger partial charge in [0.05, 0.1) is 6.04 Å². The summed E-state index contributed by atoms with van der Waals surface area (Å²) < 4.78 is 6.17. The van der Waals surface area contributed by atoms with Gasteiger partial charge in [-0.3, -0.25) is 0 Å². The quantitative estimate of drug-likeness (QED) is 0.371. The molecule has 3 rings (SSSR count). The van der Waals surface area contributed by atoms with Gasteiger partial charge in [-0.25, -0.2) is 4.79 Å². The number of nitrogens with one attached hydrogen (secondary N) is 1. The SMILES string of the molecule is CC(C)(C)S[C@@H]1CCCC[C@H]1N[C@H](c1ccc(Cl)cc1)[C@H](OCC(=O)O)c1cccc(Cl)c1. The Morgan fingerprint density at radius 2 is 1.79 bits per heavy atom. The molecule has 0 heterocycles. The average Bonchev–Trinajstić information content (AvgIpc) is 2.74. The molecule has 2 N–H and O–H groups in total. The topological polar surface area (TPSA) is 58.6 Å². The molecule has 0 saturated heterocycles. The van der Waals surface area contributed by atoms with Crippen molar-refractivity contribution in [2.75, 3.05) is 6.61 Å². The number of carbonyl (C=O) groups is 1. The molecule has 0 bridgehead atoms. The summed E-state index contributed by atoms with van der Waals surface area (Å²) in [5.74, 6) is -1.00. The van der Waals surface area contributed by atoms with E-state index in [9.17, 15) is 9.90 Å². The molecule has 2 aromatic carbocycles. The van der Waals surface area contributed by atoms with E-state index in [1.54, 1.807) is 6.07 Å². The molecule has 33 heavy (non-hydrogen) atoms. The van der Waals surface area contributed by atoms with Crippen molar-refractivity contribution in [3.63, 3.8) is 0 Å². The number of ether oxygens (including phenoxy) is 1. The molecule has 0 unspecified atom stereocenters. The minimum Gasteiger partial charge on any atom is -0.480 e. The maximum atomic E-state index is 11.4. The molecular weight excluding hydrogens is 477 g/mol. The van der Waals surface area contributed by atoms with Gasteiger partial charge in [-0.05, 0) is 48.2 Å². The van der Waals surface area contributed by atoms with Crippen molar-refractivity contribution in [3.05, 3.63) is 69.7 Å². The first kappa shape index (κ1) is 26.4. The summed E-state index contributed by atoms with van der Waals surface area (Å²) in [5, 5.41) is 14.9. The van der Waals surface area contributed by atoms with Gasteiger partial charge in [0.15, 0.2) is 0 Å². The standard InChI is InChI=1S/C26H33Cl2NO3S/c1-26(2,3)33-22-10-5-4-9-21(22)29-24(17-11-13-19(27)14-12-17)25(32-16-23(30)31)18-7-6-8-20(28)15-18/h6-8,11-15,21-22,24-25,29H,4-5,9-10,16H2,1-3H3,(H,30,31)/t21-,22-,24-,25-/m1/s1. The van der Waals surface area contributed by atoms with E-state index in [1.165, 1.54) is 12.8 Å². The summed E-state index contributed by atoms with van der Waals surface area (Å²) in [4.78, 5) is 11.4. The number of rotatable bonds is 9. The van der Waals surface area contributed by atoms with Crippen molar-refractivity contribution in [1.29, 1.82) is 0 Å². The molecule has 0 amide bonds. The van der Waals surface area contributed by atoms with Crippen molar-refractivity contribution in [2.24, 2.45) is 0 Å². The Hall–Kier alpha value is -1.24. The third-order valence-corrected chi connectivity index (χ3v) is 7.76. The van der Waals surface area contributed by atoms with Crippen LogP contribution in [0, 0.1) is 0 Å². The van der Waals surface area contributed by atoms with Crippen LogP contribution in [0.15, 0.2) is 48.5 Å². The number of thioether (sulfide) groups is 1. The van der Waals surface area contributed by atoms with E-state index in [-0.39, 0.29) is 16.8 Å². The van der Waals surface area contributed by atoms with Crippen molar-refractivity contribution in [1.82, 2.24) is 5.32 Å². The number of aliphatic carboxylic acids is 1. The maximum Gasteiger partial charge on any atom is 0.329 e. The van der Waals surface area contributed by atoms with Crippen LogP contribution in [0.3, 0.4) is 0 Å². The summed E-state index contributed by atoms with van der Waals surface area (Å²) in [7, 11) is 0. The monoisotopic (exact) mass is 509 g/mol. The van der Waals surface area contributed by atoms with Crippen LogP contribution in [0.25, 0.3) is 0 Å². The van der Waals surface area contributed by atoms with E-state index in [1.807, 2.05) is 54.2 Å². The molecule has 1 aliphatic carbocycles. The Labute approximate surface area is 211 Å².